The molecule has 64 heavy (non-hydrogen) atoms. The summed E-state index contributed by atoms with van der Waals surface area (Å²) < 4.78 is 63.7. The zero-order valence-electron chi connectivity index (χ0n) is 38.5. The van der Waals surface area contributed by atoms with Gasteiger partial charge in [-0.1, -0.05) is 70.5 Å². The first-order valence-electron chi connectivity index (χ1n) is 22.2. The van der Waals surface area contributed by atoms with E-state index in [1.807, 2.05) is 56.4 Å². The summed E-state index contributed by atoms with van der Waals surface area (Å²) in [5.41, 5.74) is 4.63. The molecule has 2 aromatic carbocycles. The van der Waals surface area contributed by atoms with Crippen LogP contribution in [0.4, 0.5) is 11.4 Å². The van der Waals surface area contributed by atoms with Crippen molar-refractivity contribution in [1.29, 1.82) is 0 Å². The van der Waals surface area contributed by atoms with Crippen LogP contribution in [0, 0.1) is 5.41 Å². The third kappa shape index (κ3) is 10.6. The van der Waals surface area contributed by atoms with Gasteiger partial charge >= 0.3 is 5.97 Å². The van der Waals surface area contributed by atoms with Crippen LogP contribution in [-0.2, 0) is 45.4 Å². The summed E-state index contributed by atoms with van der Waals surface area (Å²) in [7, 11) is -6.88. The molecule has 16 heteroatoms. The first-order chi connectivity index (χ1) is 30.0. The highest BCUT2D eigenvalue weighted by Gasteiger charge is 2.49. The molecule has 2 heterocycles. The fourth-order valence-electron chi connectivity index (χ4n) is 9.13. The second-order valence-corrected chi connectivity index (χ2v) is 21.6. The molecule has 4 N–H and O–H groups in total. The van der Waals surface area contributed by atoms with Crippen LogP contribution < -0.4 is 15.5 Å². The lowest BCUT2D eigenvalue weighted by Gasteiger charge is -2.35. The predicted octanol–water partition coefficient (Wildman–Crippen LogP) is 6.77. The minimum absolute atomic E-state index is 0.00838. The third-order valence-electron chi connectivity index (χ3n) is 12.6. The second kappa shape index (κ2) is 20.1. The molecule has 1 unspecified atom stereocenters. The SMILES string of the molecule is CCCC[N+]1=C(/C=C/C2=CC(=C/C=C3/N(CCC)c4ccc(S(=O)(=O)N(C)CCCC(=O)O)cc4C3(C)C)/CC(C(=O)NCC)(C(=O)NCCS(=O)(=O)O)C2)C(C)(C)c2ccccc21. The normalized spacial score (nSPS) is 20.5. The Balaban J connectivity index is 1.63. The number of carboxylic acid groups (broad SMARTS) is 1. The van der Waals surface area contributed by atoms with E-state index < -0.39 is 54.5 Å². The van der Waals surface area contributed by atoms with Crippen molar-refractivity contribution in [2.75, 3.05) is 50.4 Å². The van der Waals surface area contributed by atoms with Crippen LogP contribution in [0.3, 0.4) is 0 Å². The predicted molar refractivity (Wildman–Crippen MR) is 251 cm³/mol. The summed E-state index contributed by atoms with van der Waals surface area (Å²) in [4.78, 5) is 42.0. The maximum Gasteiger partial charge on any atom is 0.303 e. The van der Waals surface area contributed by atoms with Gasteiger partial charge in [-0.05, 0) is 87.4 Å². The number of carbonyl (C=O) groups is 3. The first kappa shape index (κ1) is 50.1. The fraction of sp³-hybridized carbons (Fsp3) is 0.500. The topological polar surface area (TPSA) is 193 Å². The van der Waals surface area contributed by atoms with Crippen LogP contribution in [0.25, 0.3) is 0 Å². The minimum atomic E-state index is -4.39. The average molecular weight is 921 g/mol. The molecule has 0 aromatic heterocycles. The molecule has 1 atom stereocenters. The van der Waals surface area contributed by atoms with Crippen molar-refractivity contribution in [1.82, 2.24) is 14.9 Å². The van der Waals surface area contributed by atoms with Gasteiger partial charge in [-0.25, -0.2) is 12.7 Å². The van der Waals surface area contributed by atoms with E-state index in [0.29, 0.717) is 17.7 Å². The first-order valence-corrected chi connectivity index (χ1v) is 25.3. The lowest BCUT2D eigenvalue weighted by Crippen LogP contribution is -2.53. The molecule has 0 spiro atoms. The molecular formula is C48H66N5O9S2+. The van der Waals surface area contributed by atoms with E-state index in [9.17, 15) is 35.8 Å². The molecule has 2 aromatic rings. The average Bonchev–Trinajstić information content (AvgIpc) is 3.57. The van der Waals surface area contributed by atoms with Gasteiger partial charge in [-0.15, -0.1) is 0 Å². The Hall–Kier alpha value is -4.90. The zero-order valence-corrected chi connectivity index (χ0v) is 40.2. The zero-order chi connectivity index (χ0) is 47.3. The Morgan fingerprint density at radius 1 is 0.875 bits per heavy atom. The monoisotopic (exact) mass is 920 g/mol. The van der Waals surface area contributed by atoms with Gasteiger partial charge < -0.3 is 20.6 Å². The Kier molecular flexibility index (Phi) is 15.7. The summed E-state index contributed by atoms with van der Waals surface area (Å²) in [6.45, 7) is 15.8. The lowest BCUT2D eigenvalue weighted by atomic mass is 9.70. The smallest absolute Gasteiger partial charge is 0.303 e. The molecule has 3 aliphatic rings. The molecule has 0 saturated heterocycles. The van der Waals surface area contributed by atoms with Gasteiger partial charge in [0.1, 0.15) is 12.0 Å². The van der Waals surface area contributed by atoms with Crippen molar-refractivity contribution < 1.29 is 45.5 Å². The number of carboxylic acids is 1. The lowest BCUT2D eigenvalue weighted by molar-refractivity contribution is -0.438. The van der Waals surface area contributed by atoms with Gasteiger partial charge in [0.05, 0.1) is 16.1 Å². The van der Waals surface area contributed by atoms with Gasteiger partial charge in [0.15, 0.2) is 5.71 Å². The number of nitrogens with zero attached hydrogens (tertiary/aromatic N) is 3. The van der Waals surface area contributed by atoms with E-state index in [2.05, 4.69) is 66.0 Å². The largest absolute Gasteiger partial charge is 0.481 e. The molecule has 0 bridgehead atoms. The standard InChI is InChI=1S/C48H65N5O9S2/c1-9-12-28-53-39-17-14-13-16-37(39)46(4,5)41(53)23-19-34-30-35(33-48(32-34,44(56)49-11-3)45(57)50-25-29-63(58,59)60)20-24-42-47(6,7)38-31-36(21-22-40(38)52(42)26-10-2)64(61,62)51(8)27-15-18-43(54)55/h13-14,16-17,19-24,30-31H,9-12,15,18,25-29,32-33H2,1-8H3,(H3-,49,50,54,55,56,57,58,59,60)/p+1. The number of nitrogens with one attached hydrogen (secondary N) is 2. The molecule has 14 nitrogen and oxygen atoms in total. The molecule has 2 aliphatic heterocycles. The Morgan fingerprint density at radius 3 is 2.23 bits per heavy atom. The van der Waals surface area contributed by atoms with Gasteiger partial charge in [0.25, 0.3) is 10.1 Å². The molecule has 0 radical (unpaired) electrons. The molecular weight excluding hydrogens is 855 g/mol. The summed E-state index contributed by atoms with van der Waals surface area (Å²) in [5, 5.41) is 14.6. The highest BCUT2D eigenvalue weighted by molar-refractivity contribution is 7.89. The quantitative estimate of drug-likeness (QED) is 0.0626. The highest BCUT2D eigenvalue weighted by Crippen LogP contribution is 2.49. The number of hydrogen-bond acceptors (Lipinski definition) is 8. The molecule has 2 amide bonds. The molecule has 5 rings (SSSR count). The van der Waals surface area contributed by atoms with Crippen molar-refractivity contribution in [2.24, 2.45) is 5.41 Å². The molecule has 348 valence electrons. The Bertz CT molecular complexity index is 2520. The van der Waals surface area contributed by atoms with Crippen LogP contribution in [0.2, 0.25) is 0 Å². The number of benzene rings is 2. The molecule has 0 saturated carbocycles. The number of anilines is 1. The van der Waals surface area contributed by atoms with Gasteiger partial charge in [-0.2, -0.15) is 13.0 Å². The number of allylic oxidation sites excluding steroid dienone is 8. The maximum absolute atomic E-state index is 14.4. The molecule has 0 fully saturated rings. The van der Waals surface area contributed by atoms with E-state index >= 15 is 0 Å². The summed E-state index contributed by atoms with van der Waals surface area (Å²) in [6, 6.07) is 13.4. The Morgan fingerprint density at radius 2 is 1.58 bits per heavy atom. The van der Waals surface area contributed by atoms with Crippen LogP contribution in [0.1, 0.15) is 105 Å². The van der Waals surface area contributed by atoms with Crippen LogP contribution in [0.5, 0.6) is 0 Å². The number of hydrogen-bond donors (Lipinski definition) is 4. The third-order valence-corrected chi connectivity index (χ3v) is 15.1. The fourth-order valence-corrected chi connectivity index (χ4v) is 10.7. The summed E-state index contributed by atoms with van der Waals surface area (Å²) in [5.74, 6) is -2.87. The van der Waals surface area contributed by atoms with Gasteiger partial charge in [0.2, 0.25) is 27.5 Å². The number of amides is 2. The van der Waals surface area contributed by atoms with E-state index in [4.69, 9.17) is 5.11 Å². The Labute approximate surface area is 379 Å². The number of aliphatic carboxylic acids is 1. The van der Waals surface area contributed by atoms with E-state index in [1.165, 1.54) is 16.9 Å². The number of rotatable bonds is 20. The number of para-hydroxylation sites is 1. The molecule has 1 aliphatic carbocycles. The van der Waals surface area contributed by atoms with E-state index in [-0.39, 0.29) is 55.6 Å². The highest BCUT2D eigenvalue weighted by atomic mass is 32.2. The van der Waals surface area contributed by atoms with Gasteiger partial charge in [-0.3, -0.25) is 18.9 Å². The van der Waals surface area contributed by atoms with Crippen molar-refractivity contribution in [3.05, 3.63) is 101 Å². The number of carbonyl (C=O) groups excluding carboxylic acids is 2. The van der Waals surface area contributed by atoms with E-state index in [0.717, 1.165) is 54.2 Å². The minimum Gasteiger partial charge on any atom is -0.481 e. The maximum atomic E-state index is 14.4. The van der Waals surface area contributed by atoms with Crippen molar-refractivity contribution in [3.8, 4) is 0 Å². The number of sulfonamides is 1. The van der Waals surface area contributed by atoms with Crippen LogP contribution in [0.15, 0.2) is 94.6 Å². The second-order valence-electron chi connectivity index (χ2n) is 18.0. The van der Waals surface area contributed by atoms with Crippen LogP contribution >= 0.6 is 0 Å². The number of fused-ring (bicyclic) bond motifs is 2. The summed E-state index contributed by atoms with van der Waals surface area (Å²) >= 11 is 0. The van der Waals surface area contributed by atoms with Crippen molar-refractivity contribution in [2.45, 2.75) is 109 Å². The number of unbranched alkanes of at least 4 members (excludes halogenated alkanes) is 1. The van der Waals surface area contributed by atoms with Gasteiger partial charge in [0, 0.05) is 80.6 Å². The van der Waals surface area contributed by atoms with Crippen molar-refractivity contribution >= 4 is 55.0 Å². The van der Waals surface area contributed by atoms with Crippen molar-refractivity contribution in [3.63, 3.8) is 0 Å². The summed E-state index contributed by atoms with van der Waals surface area (Å²) in [6.07, 6.45) is 12.7. The van der Waals surface area contributed by atoms with E-state index in [1.54, 1.807) is 19.1 Å². The van der Waals surface area contributed by atoms with Crippen LogP contribution in [-0.4, -0.2) is 104 Å².